The van der Waals surface area contributed by atoms with Gasteiger partial charge in [0.25, 0.3) is 0 Å². The van der Waals surface area contributed by atoms with E-state index in [9.17, 15) is 9.59 Å². The van der Waals surface area contributed by atoms with Crippen LogP contribution in [0.3, 0.4) is 0 Å². The van der Waals surface area contributed by atoms with Crippen LogP contribution in [0.25, 0.3) is 0 Å². The van der Waals surface area contributed by atoms with Crippen molar-refractivity contribution in [2.45, 2.75) is 47.5 Å². The van der Waals surface area contributed by atoms with Crippen LogP contribution in [0, 0.1) is 5.41 Å². The molecular formula is C13H26N2O2. The van der Waals surface area contributed by atoms with Crippen molar-refractivity contribution >= 4 is 11.8 Å². The number of nitrogens with zero attached hydrogens (tertiary/aromatic N) is 1. The van der Waals surface area contributed by atoms with E-state index in [1.807, 2.05) is 34.6 Å². The van der Waals surface area contributed by atoms with Crippen molar-refractivity contribution in [1.82, 2.24) is 10.2 Å². The lowest BCUT2D eigenvalue weighted by atomic mass is 9.94. The van der Waals surface area contributed by atoms with Crippen LogP contribution in [0.4, 0.5) is 0 Å². The predicted octanol–water partition coefficient (Wildman–Crippen LogP) is 1.80. The molecule has 0 aromatic rings. The molecule has 0 saturated heterocycles. The minimum absolute atomic E-state index is 0.0333. The Morgan fingerprint density at radius 3 is 2.12 bits per heavy atom. The molecular weight excluding hydrogens is 216 g/mol. The van der Waals surface area contributed by atoms with E-state index in [0.717, 1.165) is 12.8 Å². The van der Waals surface area contributed by atoms with Crippen molar-refractivity contribution < 1.29 is 9.59 Å². The van der Waals surface area contributed by atoms with E-state index in [1.165, 1.54) is 0 Å². The van der Waals surface area contributed by atoms with Crippen LogP contribution in [0.5, 0.6) is 0 Å². The maximum Gasteiger partial charge on any atom is 0.239 e. The maximum atomic E-state index is 12.1. The first-order valence-electron chi connectivity index (χ1n) is 6.39. The number of carbonyl (C=O) groups is 2. The SMILES string of the molecule is CCCNC(=O)CN(CCC)C(=O)C(C)(C)C. The highest BCUT2D eigenvalue weighted by Crippen LogP contribution is 2.17. The summed E-state index contributed by atoms with van der Waals surface area (Å²) in [5.74, 6) is -0.0381. The standard InChI is InChI=1S/C13H26N2O2/c1-6-8-14-11(16)10-15(9-7-2)12(17)13(3,4)5/h6-10H2,1-5H3,(H,14,16). The van der Waals surface area contributed by atoms with E-state index >= 15 is 0 Å². The lowest BCUT2D eigenvalue weighted by molar-refractivity contribution is -0.142. The number of rotatable bonds is 6. The van der Waals surface area contributed by atoms with Gasteiger partial charge in [-0.25, -0.2) is 0 Å². The zero-order valence-electron chi connectivity index (χ0n) is 11.8. The fourth-order valence-corrected chi connectivity index (χ4v) is 1.49. The average Bonchev–Trinajstić information content (AvgIpc) is 2.23. The number of amides is 2. The fraction of sp³-hybridized carbons (Fsp3) is 0.846. The van der Waals surface area contributed by atoms with Crippen molar-refractivity contribution in [3.63, 3.8) is 0 Å². The third kappa shape index (κ3) is 6.29. The zero-order valence-corrected chi connectivity index (χ0v) is 11.8. The molecule has 0 aliphatic rings. The van der Waals surface area contributed by atoms with Crippen LogP contribution in [0.1, 0.15) is 47.5 Å². The first kappa shape index (κ1) is 15.9. The molecule has 1 N–H and O–H groups in total. The van der Waals surface area contributed by atoms with E-state index in [0.29, 0.717) is 13.1 Å². The molecule has 0 heterocycles. The lowest BCUT2D eigenvalue weighted by Gasteiger charge is -2.28. The Bertz CT molecular complexity index is 257. The molecule has 0 bridgehead atoms. The molecule has 100 valence electrons. The Morgan fingerprint density at radius 2 is 1.71 bits per heavy atom. The summed E-state index contributed by atoms with van der Waals surface area (Å²) in [4.78, 5) is 25.4. The van der Waals surface area contributed by atoms with Crippen LogP contribution in [0.15, 0.2) is 0 Å². The summed E-state index contributed by atoms with van der Waals surface area (Å²) >= 11 is 0. The van der Waals surface area contributed by atoms with E-state index in [4.69, 9.17) is 0 Å². The smallest absolute Gasteiger partial charge is 0.239 e. The molecule has 0 unspecified atom stereocenters. The largest absolute Gasteiger partial charge is 0.355 e. The Labute approximate surface area is 105 Å². The van der Waals surface area contributed by atoms with Gasteiger partial charge in [0.05, 0.1) is 6.54 Å². The van der Waals surface area contributed by atoms with Gasteiger partial charge in [0.1, 0.15) is 0 Å². The summed E-state index contributed by atoms with van der Waals surface area (Å²) in [5, 5.41) is 2.79. The van der Waals surface area contributed by atoms with E-state index < -0.39 is 5.41 Å². The van der Waals surface area contributed by atoms with Gasteiger partial charge >= 0.3 is 0 Å². The van der Waals surface area contributed by atoms with Gasteiger partial charge in [-0.2, -0.15) is 0 Å². The molecule has 2 amide bonds. The molecule has 0 radical (unpaired) electrons. The second-order valence-corrected chi connectivity index (χ2v) is 5.33. The van der Waals surface area contributed by atoms with Gasteiger partial charge in [0.2, 0.25) is 11.8 Å². The number of nitrogens with one attached hydrogen (secondary N) is 1. The molecule has 0 aliphatic carbocycles. The lowest BCUT2D eigenvalue weighted by Crippen LogP contribution is -2.45. The Kier molecular flexibility index (Phi) is 6.85. The number of carbonyl (C=O) groups excluding carboxylic acids is 2. The van der Waals surface area contributed by atoms with Gasteiger partial charge in [0.15, 0.2) is 0 Å². The maximum absolute atomic E-state index is 12.1. The van der Waals surface area contributed by atoms with E-state index in [-0.39, 0.29) is 18.4 Å². The minimum atomic E-state index is -0.430. The van der Waals surface area contributed by atoms with Gasteiger partial charge < -0.3 is 10.2 Å². The summed E-state index contributed by atoms with van der Waals surface area (Å²) in [6, 6.07) is 0. The molecule has 0 aliphatic heterocycles. The Morgan fingerprint density at radius 1 is 1.12 bits per heavy atom. The molecule has 0 aromatic heterocycles. The van der Waals surface area contributed by atoms with E-state index in [1.54, 1.807) is 4.90 Å². The third-order valence-electron chi connectivity index (χ3n) is 2.33. The van der Waals surface area contributed by atoms with Crippen LogP contribution in [-0.4, -0.2) is 36.3 Å². The van der Waals surface area contributed by atoms with Gasteiger partial charge in [-0.3, -0.25) is 9.59 Å². The fourth-order valence-electron chi connectivity index (χ4n) is 1.49. The van der Waals surface area contributed by atoms with Crippen LogP contribution < -0.4 is 5.32 Å². The minimum Gasteiger partial charge on any atom is -0.355 e. The van der Waals surface area contributed by atoms with Gasteiger partial charge in [-0.05, 0) is 12.8 Å². The Balaban J connectivity index is 4.43. The van der Waals surface area contributed by atoms with Crippen molar-refractivity contribution in [3.05, 3.63) is 0 Å². The highest BCUT2D eigenvalue weighted by Gasteiger charge is 2.27. The summed E-state index contributed by atoms with van der Waals surface area (Å²) in [7, 11) is 0. The van der Waals surface area contributed by atoms with Gasteiger partial charge in [-0.1, -0.05) is 34.6 Å². The molecule has 0 saturated carbocycles. The molecule has 4 nitrogen and oxygen atoms in total. The highest BCUT2D eigenvalue weighted by atomic mass is 16.2. The quantitative estimate of drug-likeness (QED) is 0.772. The van der Waals surface area contributed by atoms with Crippen molar-refractivity contribution in [2.24, 2.45) is 5.41 Å². The van der Waals surface area contributed by atoms with E-state index in [2.05, 4.69) is 5.32 Å². The first-order valence-corrected chi connectivity index (χ1v) is 6.39. The topological polar surface area (TPSA) is 49.4 Å². The normalized spacial score (nSPS) is 11.1. The monoisotopic (exact) mass is 242 g/mol. The molecule has 0 spiro atoms. The molecule has 0 rings (SSSR count). The Hall–Kier alpha value is -1.06. The molecule has 4 heteroatoms. The summed E-state index contributed by atoms with van der Waals surface area (Å²) in [6.45, 7) is 11.1. The predicted molar refractivity (Wildman–Crippen MR) is 69.6 cm³/mol. The first-order chi connectivity index (χ1) is 7.82. The van der Waals surface area contributed by atoms with Crippen LogP contribution >= 0.6 is 0 Å². The number of hydrogen-bond donors (Lipinski definition) is 1. The summed E-state index contributed by atoms with van der Waals surface area (Å²) < 4.78 is 0. The second kappa shape index (κ2) is 7.30. The van der Waals surface area contributed by atoms with Crippen LogP contribution in [0.2, 0.25) is 0 Å². The molecule has 0 atom stereocenters. The van der Waals surface area contributed by atoms with Crippen molar-refractivity contribution in [2.75, 3.05) is 19.6 Å². The van der Waals surface area contributed by atoms with Crippen molar-refractivity contribution in [3.8, 4) is 0 Å². The van der Waals surface area contributed by atoms with Gasteiger partial charge in [-0.15, -0.1) is 0 Å². The molecule has 17 heavy (non-hydrogen) atoms. The molecule has 0 fully saturated rings. The zero-order chi connectivity index (χ0) is 13.5. The highest BCUT2D eigenvalue weighted by molar-refractivity contribution is 5.87. The average molecular weight is 242 g/mol. The van der Waals surface area contributed by atoms with Crippen molar-refractivity contribution in [1.29, 1.82) is 0 Å². The van der Waals surface area contributed by atoms with Crippen LogP contribution in [-0.2, 0) is 9.59 Å². The second-order valence-electron chi connectivity index (χ2n) is 5.33. The molecule has 0 aromatic carbocycles. The number of hydrogen-bond acceptors (Lipinski definition) is 2. The third-order valence-corrected chi connectivity index (χ3v) is 2.33. The summed E-state index contributed by atoms with van der Waals surface area (Å²) in [6.07, 6.45) is 1.77. The van der Waals surface area contributed by atoms with Gasteiger partial charge in [0, 0.05) is 18.5 Å². The summed E-state index contributed by atoms with van der Waals surface area (Å²) in [5.41, 5.74) is -0.430.